The van der Waals surface area contributed by atoms with E-state index in [1.54, 1.807) is 0 Å². The van der Waals surface area contributed by atoms with Gasteiger partial charge in [-0.1, -0.05) is 47.1 Å². The number of aromatic nitrogens is 2. The molecular formula is C22H17N2Y-. The topological polar surface area (TPSA) is 16.8 Å². The fraction of sp³-hybridized carbons (Fsp3) is 0.0909. The SMILES string of the molecule is Cc1c(-c2[c-]c(-c3[c-]cccc3)cn[n+]2C)ccc2ccccc12.[Y]. The second-order valence-electron chi connectivity index (χ2n) is 5.89. The number of aryl methyl sites for hydroxylation is 2. The molecule has 1 aromatic heterocycles. The zero-order chi connectivity index (χ0) is 16.5. The quantitative estimate of drug-likeness (QED) is 0.364. The van der Waals surface area contributed by atoms with Gasteiger partial charge < -0.3 is 0 Å². The van der Waals surface area contributed by atoms with Crippen molar-refractivity contribution in [3.05, 3.63) is 84.6 Å². The number of hydrogen-bond donors (Lipinski definition) is 0. The first-order valence-electron chi connectivity index (χ1n) is 7.98. The number of benzene rings is 3. The standard InChI is InChI=1S/C22H17N2.Y/c1-16-20-11-7-6-10-18(20)12-13-21(16)22-14-19(15-23-24(22)2)17-8-4-3-5-9-17;/h3-8,10-13,15H,1-2H3;/q-1;. The summed E-state index contributed by atoms with van der Waals surface area (Å²) in [7, 11) is 1.96. The predicted octanol–water partition coefficient (Wildman–Crippen LogP) is 4.30. The summed E-state index contributed by atoms with van der Waals surface area (Å²) in [5.41, 5.74) is 5.34. The van der Waals surface area contributed by atoms with Crippen LogP contribution in [0.25, 0.3) is 33.2 Å². The van der Waals surface area contributed by atoms with E-state index < -0.39 is 0 Å². The third kappa shape index (κ3) is 3.42. The van der Waals surface area contributed by atoms with Crippen LogP contribution in [0.5, 0.6) is 0 Å². The molecule has 119 valence electrons. The Morgan fingerprint density at radius 1 is 0.920 bits per heavy atom. The van der Waals surface area contributed by atoms with Crippen molar-refractivity contribution in [2.45, 2.75) is 6.92 Å². The first-order chi connectivity index (χ1) is 11.7. The Labute approximate surface area is 173 Å². The van der Waals surface area contributed by atoms with Gasteiger partial charge in [0.15, 0.2) is 7.05 Å². The third-order valence-corrected chi connectivity index (χ3v) is 4.39. The summed E-state index contributed by atoms with van der Waals surface area (Å²) in [6, 6.07) is 27.5. The van der Waals surface area contributed by atoms with Crippen LogP contribution in [0.1, 0.15) is 5.56 Å². The van der Waals surface area contributed by atoms with Crippen molar-refractivity contribution in [1.82, 2.24) is 5.10 Å². The van der Waals surface area contributed by atoms with E-state index in [0.29, 0.717) is 0 Å². The minimum Gasteiger partial charge on any atom is -0.224 e. The number of fused-ring (bicyclic) bond motifs is 1. The molecule has 0 unspecified atom stereocenters. The summed E-state index contributed by atoms with van der Waals surface area (Å²) in [6.45, 7) is 2.16. The molecule has 0 fully saturated rings. The Hall–Kier alpha value is -1.90. The molecule has 0 saturated heterocycles. The molecule has 0 atom stereocenters. The molecule has 0 aliphatic rings. The van der Waals surface area contributed by atoms with E-state index >= 15 is 0 Å². The Kier molecular flexibility index (Phi) is 5.41. The molecule has 0 spiro atoms. The van der Waals surface area contributed by atoms with Crippen LogP contribution in [-0.2, 0) is 39.8 Å². The van der Waals surface area contributed by atoms with Crippen LogP contribution < -0.4 is 4.68 Å². The normalized spacial score (nSPS) is 10.5. The smallest absolute Gasteiger partial charge is 0.162 e. The molecule has 3 heteroatoms. The largest absolute Gasteiger partial charge is 0.224 e. The predicted molar refractivity (Wildman–Crippen MR) is 96.2 cm³/mol. The number of nitrogens with zero attached hydrogens (tertiary/aromatic N) is 2. The summed E-state index contributed by atoms with van der Waals surface area (Å²) in [6.07, 6.45) is 1.84. The van der Waals surface area contributed by atoms with Gasteiger partial charge in [-0.15, -0.1) is 16.8 Å². The maximum Gasteiger partial charge on any atom is 0.162 e. The fourth-order valence-electron chi connectivity index (χ4n) is 3.07. The maximum absolute atomic E-state index is 4.52. The van der Waals surface area contributed by atoms with Crippen molar-refractivity contribution in [2.75, 3.05) is 0 Å². The summed E-state index contributed by atoms with van der Waals surface area (Å²) < 4.78 is 1.88. The van der Waals surface area contributed by atoms with Crippen LogP contribution in [-0.4, -0.2) is 5.10 Å². The van der Waals surface area contributed by atoms with E-state index in [9.17, 15) is 0 Å². The molecule has 3 aromatic carbocycles. The third-order valence-electron chi connectivity index (χ3n) is 4.39. The maximum atomic E-state index is 4.52. The molecule has 0 N–H and O–H groups in total. The average Bonchev–Trinajstić information content (AvgIpc) is 2.64. The molecule has 25 heavy (non-hydrogen) atoms. The van der Waals surface area contributed by atoms with Crippen molar-refractivity contribution in [3.8, 4) is 22.4 Å². The van der Waals surface area contributed by atoms with Crippen LogP contribution in [0.15, 0.2) is 66.9 Å². The van der Waals surface area contributed by atoms with Gasteiger partial charge in [0.1, 0.15) is 5.69 Å². The van der Waals surface area contributed by atoms with Crippen molar-refractivity contribution >= 4 is 10.8 Å². The first kappa shape index (κ1) is 17.9. The minimum atomic E-state index is 0. The monoisotopic (exact) mass is 398 g/mol. The second kappa shape index (κ2) is 7.55. The molecule has 0 saturated carbocycles. The van der Waals surface area contributed by atoms with Crippen molar-refractivity contribution < 1.29 is 37.4 Å². The molecular weight excluding hydrogens is 381 g/mol. The van der Waals surface area contributed by atoms with Crippen LogP contribution in [0.4, 0.5) is 0 Å². The zero-order valence-corrected chi connectivity index (χ0v) is 17.2. The van der Waals surface area contributed by atoms with E-state index in [2.05, 4.69) is 60.6 Å². The Balaban J connectivity index is 0.00000182. The van der Waals surface area contributed by atoms with Gasteiger partial charge in [-0.25, -0.2) is 5.56 Å². The summed E-state index contributed by atoms with van der Waals surface area (Å²) >= 11 is 0. The summed E-state index contributed by atoms with van der Waals surface area (Å²) in [5.74, 6) is 0. The Morgan fingerprint density at radius 3 is 2.52 bits per heavy atom. The van der Waals surface area contributed by atoms with E-state index in [-0.39, 0.29) is 32.7 Å². The van der Waals surface area contributed by atoms with Gasteiger partial charge in [0, 0.05) is 32.7 Å². The van der Waals surface area contributed by atoms with Gasteiger partial charge in [0.2, 0.25) is 0 Å². The summed E-state index contributed by atoms with van der Waals surface area (Å²) in [4.78, 5) is 0. The Bertz CT molecular complexity index is 1030. The van der Waals surface area contributed by atoms with Crippen LogP contribution in [0.2, 0.25) is 0 Å². The fourth-order valence-corrected chi connectivity index (χ4v) is 3.07. The molecule has 0 aliphatic heterocycles. The average molecular weight is 398 g/mol. The van der Waals surface area contributed by atoms with Gasteiger partial charge in [0.25, 0.3) is 0 Å². The molecule has 1 radical (unpaired) electrons. The van der Waals surface area contributed by atoms with Gasteiger partial charge in [-0.05, 0) is 29.5 Å². The summed E-state index contributed by atoms with van der Waals surface area (Å²) in [5, 5.41) is 7.03. The minimum absolute atomic E-state index is 0. The van der Waals surface area contributed by atoms with Crippen molar-refractivity contribution in [2.24, 2.45) is 7.05 Å². The molecule has 1 heterocycles. The Morgan fingerprint density at radius 2 is 1.72 bits per heavy atom. The second-order valence-corrected chi connectivity index (χ2v) is 5.89. The van der Waals surface area contributed by atoms with E-state index in [0.717, 1.165) is 22.4 Å². The van der Waals surface area contributed by atoms with Gasteiger partial charge in [-0.2, -0.15) is 29.8 Å². The number of hydrogen-bond acceptors (Lipinski definition) is 1. The van der Waals surface area contributed by atoms with E-state index in [1.165, 1.54) is 16.3 Å². The molecule has 0 amide bonds. The van der Waals surface area contributed by atoms with Crippen molar-refractivity contribution in [3.63, 3.8) is 0 Å². The van der Waals surface area contributed by atoms with E-state index in [1.807, 2.05) is 42.2 Å². The van der Waals surface area contributed by atoms with Gasteiger partial charge in [-0.3, -0.25) is 0 Å². The molecule has 4 rings (SSSR count). The molecule has 0 bridgehead atoms. The molecule has 0 aliphatic carbocycles. The molecule has 4 aromatic rings. The van der Waals surface area contributed by atoms with Gasteiger partial charge in [0.05, 0.1) is 0 Å². The number of rotatable bonds is 2. The van der Waals surface area contributed by atoms with Crippen molar-refractivity contribution in [1.29, 1.82) is 0 Å². The van der Waals surface area contributed by atoms with Crippen LogP contribution >= 0.6 is 0 Å². The van der Waals surface area contributed by atoms with Gasteiger partial charge >= 0.3 is 0 Å². The molecule has 2 nitrogen and oxygen atoms in total. The van der Waals surface area contributed by atoms with Crippen LogP contribution in [0.3, 0.4) is 0 Å². The van der Waals surface area contributed by atoms with E-state index in [4.69, 9.17) is 0 Å². The van der Waals surface area contributed by atoms with Crippen LogP contribution in [0, 0.1) is 19.1 Å². The first-order valence-corrected chi connectivity index (χ1v) is 7.98. The zero-order valence-electron chi connectivity index (χ0n) is 14.3.